The maximum atomic E-state index is 15.8. The second kappa shape index (κ2) is 9.05. The molecule has 1 aliphatic heterocycles. The molecule has 37 heavy (non-hydrogen) atoms. The molecule has 1 fully saturated rings. The molecule has 182 valence electrons. The number of hydrogen-bond acceptors (Lipinski definition) is 7. The summed E-state index contributed by atoms with van der Waals surface area (Å²) < 4.78 is 15.8. The number of nitrogens with zero attached hydrogens (tertiary/aromatic N) is 5. The van der Waals surface area contributed by atoms with E-state index < -0.39 is 5.82 Å². The zero-order valence-electron chi connectivity index (χ0n) is 20.3. The summed E-state index contributed by atoms with van der Waals surface area (Å²) >= 11 is 0. The number of rotatable bonds is 8. The molecule has 0 aromatic carbocycles. The number of fused-ring (bicyclic) bond motifs is 1. The van der Waals surface area contributed by atoms with Crippen LogP contribution in [0.15, 0.2) is 91.0 Å². The summed E-state index contributed by atoms with van der Waals surface area (Å²) in [5, 5.41) is 7.46. The lowest BCUT2D eigenvalue weighted by atomic mass is 10.1. The molecule has 0 unspecified atom stereocenters. The SMILES string of the molecule is C=C(Nc1ccnc(-c2cccnc2)c1C)C1=c2c(F)c(-c3cncc(NC(=C)C4CC4)c3)ncc2=N1. The Balaban J connectivity index is 1.30. The second-order valence-electron chi connectivity index (χ2n) is 9.21. The van der Waals surface area contributed by atoms with Gasteiger partial charge in [0.15, 0.2) is 5.82 Å². The van der Waals surface area contributed by atoms with Crippen LogP contribution in [0.3, 0.4) is 0 Å². The van der Waals surface area contributed by atoms with E-state index in [1.807, 2.05) is 31.2 Å². The normalized spacial score (nSPS) is 13.7. The lowest BCUT2D eigenvalue weighted by Crippen LogP contribution is -2.40. The van der Waals surface area contributed by atoms with Crippen molar-refractivity contribution in [1.29, 1.82) is 0 Å². The van der Waals surface area contributed by atoms with E-state index >= 15 is 4.39 Å². The van der Waals surface area contributed by atoms with Gasteiger partial charge >= 0.3 is 0 Å². The zero-order valence-corrected chi connectivity index (χ0v) is 20.3. The highest BCUT2D eigenvalue weighted by molar-refractivity contribution is 5.77. The second-order valence-corrected chi connectivity index (χ2v) is 9.21. The van der Waals surface area contributed by atoms with Crippen molar-refractivity contribution in [2.45, 2.75) is 19.8 Å². The molecule has 0 saturated heterocycles. The van der Waals surface area contributed by atoms with Crippen molar-refractivity contribution in [3.05, 3.63) is 108 Å². The molecule has 8 heteroatoms. The number of halogens is 1. The first kappa shape index (κ1) is 22.7. The topological polar surface area (TPSA) is 88.0 Å². The van der Waals surface area contributed by atoms with Gasteiger partial charge in [-0.2, -0.15) is 0 Å². The predicted molar refractivity (Wildman–Crippen MR) is 142 cm³/mol. The van der Waals surface area contributed by atoms with Crippen LogP contribution in [0, 0.1) is 18.7 Å². The van der Waals surface area contributed by atoms with Crippen molar-refractivity contribution in [2.75, 3.05) is 10.6 Å². The van der Waals surface area contributed by atoms with Gasteiger partial charge in [0.2, 0.25) is 0 Å². The molecule has 4 aromatic heterocycles. The first-order valence-electron chi connectivity index (χ1n) is 12.0. The quantitative estimate of drug-likeness (QED) is 0.371. The minimum absolute atomic E-state index is 0.214. The molecule has 6 rings (SSSR count). The minimum Gasteiger partial charge on any atom is -0.358 e. The first-order valence-corrected chi connectivity index (χ1v) is 12.0. The third-order valence-electron chi connectivity index (χ3n) is 6.57. The van der Waals surface area contributed by atoms with Crippen molar-refractivity contribution in [1.82, 2.24) is 19.9 Å². The first-order chi connectivity index (χ1) is 18.0. The lowest BCUT2D eigenvalue weighted by Gasteiger charge is -2.18. The molecule has 0 radical (unpaired) electrons. The molecule has 0 spiro atoms. The van der Waals surface area contributed by atoms with Gasteiger partial charge in [-0.1, -0.05) is 13.2 Å². The largest absolute Gasteiger partial charge is 0.358 e. The number of nitrogens with one attached hydrogen (secondary N) is 2. The summed E-state index contributed by atoms with van der Waals surface area (Å²) in [6, 6.07) is 7.52. The molecule has 0 amide bonds. The molecule has 0 bridgehead atoms. The van der Waals surface area contributed by atoms with E-state index in [9.17, 15) is 0 Å². The van der Waals surface area contributed by atoms with E-state index in [0.717, 1.165) is 46.7 Å². The number of allylic oxidation sites excluding steroid dienone is 1. The van der Waals surface area contributed by atoms with Gasteiger partial charge in [-0.05, 0) is 55.5 Å². The number of pyridine rings is 4. The summed E-state index contributed by atoms with van der Waals surface area (Å²) in [6.07, 6.45) is 12.4. The third kappa shape index (κ3) is 4.27. The maximum absolute atomic E-state index is 15.8. The van der Waals surface area contributed by atoms with Crippen LogP contribution in [0.4, 0.5) is 15.8 Å². The molecule has 2 aliphatic rings. The van der Waals surface area contributed by atoms with E-state index in [1.165, 1.54) is 0 Å². The highest BCUT2D eigenvalue weighted by Crippen LogP contribution is 2.36. The van der Waals surface area contributed by atoms with E-state index in [-0.39, 0.29) is 5.69 Å². The number of anilines is 2. The average Bonchev–Trinajstić information content (AvgIpc) is 3.73. The van der Waals surface area contributed by atoms with Gasteiger partial charge in [-0.3, -0.25) is 19.9 Å². The summed E-state index contributed by atoms with van der Waals surface area (Å²) in [7, 11) is 0. The molecule has 1 aliphatic carbocycles. The zero-order chi connectivity index (χ0) is 25.5. The maximum Gasteiger partial charge on any atom is 0.161 e. The average molecular weight is 490 g/mol. The Morgan fingerprint density at radius 2 is 1.78 bits per heavy atom. The Morgan fingerprint density at radius 1 is 0.946 bits per heavy atom. The van der Waals surface area contributed by atoms with Gasteiger partial charge in [0.25, 0.3) is 0 Å². The van der Waals surface area contributed by atoms with Crippen LogP contribution < -0.4 is 21.2 Å². The lowest BCUT2D eigenvalue weighted by molar-refractivity contribution is 0.609. The summed E-state index contributed by atoms with van der Waals surface area (Å²) in [6.45, 7) is 10.2. The highest BCUT2D eigenvalue weighted by atomic mass is 19.1. The highest BCUT2D eigenvalue weighted by Gasteiger charge is 2.25. The Bertz CT molecular complexity index is 1690. The van der Waals surface area contributed by atoms with Gasteiger partial charge in [-0.15, -0.1) is 0 Å². The summed E-state index contributed by atoms with van der Waals surface area (Å²) in [4.78, 5) is 21.8. The van der Waals surface area contributed by atoms with Crippen LogP contribution in [0.1, 0.15) is 18.4 Å². The van der Waals surface area contributed by atoms with Gasteiger partial charge in [0, 0.05) is 47.3 Å². The van der Waals surface area contributed by atoms with Gasteiger partial charge in [0.05, 0.1) is 45.7 Å². The monoisotopic (exact) mass is 489 g/mol. The molecule has 5 heterocycles. The molecule has 0 atom stereocenters. The smallest absolute Gasteiger partial charge is 0.161 e. The van der Waals surface area contributed by atoms with Gasteiger partial charge in [-0.25, -0.2) is 9.38 Å². The summed E-state index contributed by atoms with van der Waals surface area (Å²) in [5.74, 6) is 0.0460. The van der Waals surface area contributed by atoms with E-state index in [1.54, 1.807) is 37.2 Å². The Labute approximate surface area is 213 Å². The molecular formula is C29H24FN7. The van der Waals surface area contributed by atoms with Crippen molar-refractivity contribution >= 4 is 17.1 Å². The Hall–Kier alpha value is -4.72. The van der Waals surface area contributed by atoms with Gasteiger partial charge in [0.1, 0.15) is 5.69 Å². The van der Waals surface area contributed by atoms with Gasteiger partial charge < -0.3 is 10.6 Å². The molecule has 2 N–H and O–H groups in total. The molecular weight excluding hydrogens is 465 g/mol. The molecule has 1 saturated carbocycles. The Morgan fingerprint density at radius 3 is 2.57 bits per heavy atom. The number of aromatic nitrogens is 4. The van der Waals surface area contributed by atoms with Crippen LogP contribution >= 0.6 is 0 Å². The Kier molecular flexibility index (Phi) is 5.56. The molecule has 4 aromatic rings. The van der Waals surface area contributed by atoms with Crippen molar-refractivity contribution in [2.24, 2.45) is 10.9 Å². The van der Waals surface area contributed by atoms with Crippen LogP contribution in [0.25, 0.3) is 28.2 Å². The van der Waals surface area contributed by atoms with Crippen LogP contribution in [0.2, 0.25) is 0 Å². The van der Waals surface area contributed by atoms with E-state index in [4.69, 9.17) is 0 Å². The fourth-order valence-corrected chi connectivity index (χ4v) is 4.37. The van der Waals surface area contributed by atoms with Crippen molar-refractivity contribution in [3.63, 3.8) is 0 Å². The van der Waals surface area contributed by atoms with Crippen molar-refractivity contribution < 1.29 is 4.39 Å². The van der Waals surface area contributed by atoms with Crippen LogP contribution in [-0.2, 0) is 0 Å². The predicted octanol–water partition coefficient (Wildman–Crippen LogP) is 4.75. The fourth-order valence-electron chi connectivity index (χ4n) is 4.37. The fraction of sp³-hybridized carbons (Fsp3) is 0.138. The third-order valence-corrected chi connectivity index (χ3v) is 6.57. The minimum atomic E-state index is -0.451. The molecule has 7 nitrogen and oxygen atoms in total. The van der Waals surface area contributed by atoms with Crippen LogP contribution in [0.5, 0.6) is 0 Å². The standard InChI is InChI=1S/C29H24FN7/c1-16-23(8-10-33-27(16)20-5-4-9-31-12-20)36-18(3)28-25-24(37-28)15-34-29(26(25)30)21-11-22(14-32-13-21)35-17(2)19-6-7-19/h4-5,8-15,19,35H,2-3,6-7H2,1H3,(H,33,36). The van der Waals surface area contributed by atoms with E-state index in [2.05, 4.69) is 48.7 Å². The van der Waals surface area contributed by atoms with Crippen molar-refractivity contribution in [3.8, 4) is 22.5 Å². The summed E-state index contributed by atoms with van der Waals surface area (Å²) in [5.41, 5.74) is 6.91. The van der Waals surface area contributed by atoms with E-state index in [0.29, 0.717) is 33.5 Å². The van der Waals surface area contributed by atoms with Crippen LogP contribution in [-0.4, -0.2) is 19.9 Å². The number of hydrogen-bond donors (Lipinski definition) is 2.